The smallest absolute Gasteiger partial charge is 0.262 e. The number of fused-ring (bicyclic) bond motifs is 1. The fraction of sp³-hybridized carbons (Fsp3) is 0.438. The second-order valence-corrected chi connectivity index (χ2v) is 5.89. The van der Waals surface area contributed by atoms with E-state index in [1.165, 1.54) is 0 Å². The number of rotatable bonds is 3. The lowest BCUT2D eigenvalue weighted by atomic mass is 10.0. The average molecular weight is 301 g/mol. The lowest BCUT2D eigenvalue weighted by molar-refractivity contribution is -0.122. The van der Waals surface area contributed by atoms with Crippen LogP contribution >= 0.6 is 0 Å². The van der Waals surface area contributed by atoms with Gasteiger partial charge in [-0.05, 0) is 38.4 Å². The van der Waals surface area contributed by atoms with E-state index in [-0.39, 0.29) is 18.5 Å². The van der Waals surface area contributed by atoms with Crippen LogP contribution in [0.3, 0.4) is 0 Å². The van der Waals surface area contributed by atoms with Gasteiger partial charge in [0.15, 0.2) is 0 Å². The maximum Gasteiger partial charge on any atom is 0.262 e. The molecule has 116 valence electrons. The van der Waals surface area contributed by atoms with Crippen LogP contribution in [-0.2, 0) is 4.79 Å². The molecule has 1 aromatic carbocycles. The van der Waals surface area contributed by atoms with E-state index in [0.29, 0.717) is 17.2 Å². The molecule has 3 rings (SSSR count). The molecular formula is C16H19N3O3. The summed E-state index contributed by atoms with van der Waals surface area (Å²) in [5, 5.41) is 6.23. The Morgan fingerprint density at radius 1 is 1.27 bits per heavy atom. The zero-order valence-corrected chi connectivity index (χ0v) is 12.5. The number of imide groups is 1. The number of nitrogens with zero attached hydrogens (tertiary/aromatic N) is 1. The number of hydrogen-bond donors (Lipinski definition) is 2. The van der Waals surface area contributed by atoms with Crippen molar-refractivity contribution >= 4 is 17.7 Å². The number of nitrogens with one attached hydrogen (secondary N) is 2. The van der Waals surface area contributed by atoms with E-state index < -0.39 is 11.8 Å². The van der Waals surface area contributed by atoms with E-state index in [1.54, 1.807) is 24.3 Å². The molecule has 22 heavy (non-hydrogen) atoms. The number of hydrogen-bond acceptors (Lipinski definition) is 4. The second-order valence-electron chi connectivity index (χ2n) is 5.89. The molecule has 2 heterocycles. The molecule has 0 saturated carbocycles. The highest BCUT2D eigenvalue weighted by Gasteiger charge is 2.36. The topological polar surface area (TPSA) is 78.5 Å². The van der Waals surface area contributed by atoms with Gasteiger partial charge in [-0.1, -0.05) is 12.1 Å². The van der Waals surface area contributed by atoms with Gasteiger partial charge >= 0.3 is 0 Å². The van der Waals surface area contributed by atoms with Crippen molar-refractivity contribution in [2.45, 2.75) is 31.8 Å². The molecule has 1 fully saturated rings. The number of amides is 3. The van der Waals surface area contributed by atoms with Crippen LogP contribution in [0.15, 0.2) is 24.3 Å². The summed E-state index contributed by atoms with van der Waals surface area (Å²) in [7, 11) is 0. The molecule has 2 aliphatic heterocycles. The van der Waals surface area contributed by atoms with E-state index in [0.717, 1.165) is 24.3 Å². The van der Waals surface area contributed by atoms with Crippen molar-refractivity contribution in [2.24, 2.45) is 0 Å². The lowest BCUT2D eigenvalue weighted by Crippen LogP contribution is -2.49. The quantitative estimate of drug-likeness (QED) is 0.799. The first-order valence-electron chi connectivity index (χ1n) is 7.54. The number of piperidine rings is 1. The molecule has 6 nitrogen and oxygen atoms in total. The molecule has 3 amide bonds. The highest BCUT2D eigenvalue weighted by atomic mass is 16.2. The summed E-state index contributed by atoms with van der Waals surface area (Å²) >= 11 is 0. The van der Waals surface area contributed by atoms with Gasteiger partial charge in [0.2, 0.25) is 5.91 Å². The van der Waals surface area contributed by atoms with Crippen LogP contribution in [0.2, 0.25) is 0 Å². The van der Waals surface area contributed by atoms with Gasteiger partial charge in [-0.3, -0.25) is 19.3 Å². The third kappa shape index (κ3) is 2.74. The predicted octanol–water partition coefficient (Wildman–Crippen LogP) is 0.539. The van der Waals surface area contributed by atoms with Gasteiger partial charge in [-0.25, -0.2) is 0 Å². The van der Waals surface area contributed by atoms with Crippen LogP contribution in [-0.4, -0.2) is 47.8 Å². The molecule has 2 atom stereocenters. The Hall–Kier alpha value is -2.21. The first kappa shape index (κ1) is 14.7. The summed E-state index contributed by atoms with van der Waals surface area (Å²) in [4.78, 5) is 37.6. The predicted molar refractivity (Wildman–Crippen MR) is 80.4 cm³/mol. The number of carbonyl (C=O) groups is 3. The molecule has 0 aromatic heterocycles. The van der Waals surface area contributed by atoms with Gasteiger partial charge in [-0.2, -0.15) is 0 Å². The Balaban J connectivity index is 1.63. The van der Waals surface area contributed by atoms with Crippen LogP contribution in [0.1, 0.15) is 40.5 Å². The minimum Gasteiger partial charge on any atom is -0.352 e. The Morgan fingerprint density at radius 2 is 1.91 bits per heavy atom. The van der Waals surface area contributed by atoms with Gasteiger partial charge in [0.1, 0.15) is 6.54 Å². The summed E-state index contributed by atoms with van der Waals surface area (Å²) in [6, 6.07) is 7.11. The van der Waals surface area contributed by atoms with E-state index in [4.69, 9.17) is 0 Å². The van der Waals surface area contributed by atoms with Crippen molar-refractivity contribution in [2.75, 3.05) is 13.1 Å². The summed E-state index contributed by atoms with van der Waals surface area (Å²) in [5.74, 6) is -1.07. The van der Waals surface area contributed by atoms with Crippen molar-refractivity contribution in [3.05, 3.63) is 35.4 Å². The SMILES string of the molecule is CC1CC(NC(=O)CN2C(=O)c3ccccc3C2=O)CCN1. The fourth-order valence-corrected chi connectivity index (χ4v) is 3.06. The molecule has 0 spiro atoms. The minimum atomic E-state index is -0.394. The van der Waals surface area contributed by atoms with E-state index in [1.807, 2.05) is 0 Å². The van der Waals surface area contributed by atoms with Gasteiger partial charge in [0, 0.05) is 12.1 Å². The van der Waals surface area contributed by atoms with Gasteiger partial charge in [0.25, 0.3) is 11.8 Å². The van der Waals surface area contributed by atoms with Crippen LogP contribution < -0.4 is 10.6 Å². The zero-order chi connectivity index (χ0) is 15.7. The van der Waals surface area contributed by atoms with Crippen LogP contribution in [0.25, 0.3) is 0 Å². The molecule has 1 saturated heterocycles. The number of carbonyl (C=O) groups excluding carboxylic acids is 3. The normalized spacial score (nSPS) is 24.3. The van der Waals surface area contributed by atoms with Crippen LogP contribution in [0.4, 0.5) is 0 Å². The van der Waals surface area contributed by atoms with Crippen LogP contribution in [0.5, 0.6) is 0 Å². The molecule has 0 aliphatic carbocycles. The third-order valence-electron chi connectivity index (χ3n) is 4.17. The molecule has 6 heteroatoms. The molecular weight excluding hydrogens is 282 g/mol. The maximum atomic E-state index is 12.2. The van der Waals surface area contributed by atoms with Gasteiger partial charge in [-0.15, -0.1) is 0 Å². The largest absolute Gasteiger partial charge is 0.352 e. The molecule has 1 aromatic rings. The van der Waals surface area contributed by atoms with Crippen molar-refractivity contribution in [3.63, 3.8) is 0 Å². The molecule has 2 aliphatic rings. The van der Waals surface area contributed by atoms with Crippen molar-refractivity contribution < 1.29 is 14.4 Å². The van der Waals surface area contributed by atoms with E-state index >= 15 is 0 Å². The lowest BCUT2D eigenvalue weighted by Gasteiger charge is -2.29. The summed E-state index contributed by atoms with van der Waals surface area (Å²) in [5.41, 5.74) is 0.742. The van der Waals surface area contributed by atoms with E-state index in [9.17, 15) is 14.4 Å². The van der Waals surface area contributed by atoms with Crippen molar-refractivity contribution in [1.29, 1.82) is 0 Å². The standard InChI is InChI=1S/C16H19N3O3/c1-10-8-11(6-7-17-10)18-14(20)9-19-15(21)12-4-2-3-5-13(12)16(19)22/h2-5,10-11,17H,6-9H2,1H3,(H,18,20). The first-order valence-corrected chi connectivity index (χ1v) is 7.54. The molecule has 0 bridgehead atoms. The van der Waals surface area contributed by atoms with Gasteiger partial charge in [0.05, 0.1) is 11.1 Å². The monoisotopic (exact) mass is 301 g/mol. The van der Waals surface area contributed by atoms with Crippen molar-refractivity contribution in [1.82, 2.24) is 15.5 Å². The van der Waals surface area contributed by atoms with Crippen molar-refractivity contribution in [3.8, 4) is 0 Å². The third-order valence-corrected chi connectivity index (χ3v) is 4.17. The molecule has 0 radical (unpaired) electrons. The van der Waals surface area contributed by atoms with E-state index in [2.05, 4.69) is 17.6 Å². The average Bonchev–Trinajstić information content (AvgIpc) is 2.73. The minimum absolute atomic E-state index is 0.0962. The Bertz CT molecular complexity index is 594. The summed E-state index contributed by atoms with van der Waals surface area (Å²) in [6.07, 6.45) is 1.71. The first-order chi connectivity index (χ1) is 10.6. The van der Waals surface area contributed by atoms with Crippen LogP contribution in [0, 0.1) is 0 Å². The Labute approximate surface area is 128 Å². The summed E-state index contributed by atoms with van der Waals surface area (Å²) < 4.78 is 0. The maximum absolute atomic E-state index is 12.2. The fourth-order valence-electron chi connectivity index (χ4n) is 3.06. The summed E-state index contributed by atoms with van der Waals surface area (Å²) in [6.45, 7) is 2.71. The Morgan fingerprint density at radius 3 is 2.50 bits per heavy atom. The number of benzene rings is 1. The Kier molecular flexibility index (Phi) is 3.94. The highest BCUT2D eigenvalue weighted by molar-refractivity contribution is 6.22. The zero-order valence-electron chi connectivity index (χ0n) is 12.5. The van der Waals surface area contributed by atoms with Gasteiger partial charge < -0.3 is 10.6 Å². The molecule has 2 N–H and O–H groups in total. The molecule has 2 unspecified atom stereocenters. The second kappa shape index (κ2) is 5.88. The highest BCUT2D eigenvalue weighted by Crippen LogP contribution is 2.22.